The Balaban J connectivity index is 3.46. The highest BCUT2D eigenvalue weighted by Crippen LogP contribution is 2.10. The second-order valence-electron chi connectivity index (χ2n) is 6.56. The summed E-state index contributed by atoms with van der Waals surface area (Å²) in [6, 6.07) is 0. The van der Waals surface area contributed by atoms with Gasteiger partial charge in [-0.05, 0) is 19.8 Å². The van der Waals surface area contributed by atoms with E-state index in [2.05, 4.69) is 6.92 Å². The van der Waals surface area contributed by atoms with Crippen molar-refractivity contribution in [3.05, 3.63) is 0 Å². The van der Waals surface area contributed by atoms with E-state index in [0.29, 0.717) is 13.2 Å². The summed E-state index contributed by atoms with van der Waals surface area (Å²) in [6.07, 6.45) is 12.3. The highest BCUT2D eigenvalue weighted by molar-refractivity contribution is 5.76. The number of ether oxygens (including phenoxy) is 3. The summed E-state index contributed by atoms with van der Waals surface area (Å²) in [5.74, 6) is -0.511. The highest BCUT2D eigenvalue weighted by Gasteiger charge is 2.19. The van der Waals surface area contributed by atoms with Gasteiger partial charge in [-0.2, -0.15) is 0 Å². The number of rotatable bonds is 16. The molecule has 0 N–H and O–H groups in total. The van der Waals surface area contributed by atoms with Gasteiger partial charge in [-0.25, -0.2) is 9.59 Å². The summed E-state index contributed by atoms with van der Waals surface area (Å²) in [5.41, 5.74) is 0. The molecule has 0 amide bonds. The number of hydrogen-bond donors (Lipinski definition) is 0. The second kappa shape index (κ2) is 17.6. The molecular weight excluding hydrogens is 320 g/mol. The van der Waals surface area contributed by atoms with Crippen LogP contribution in [0, 0.1) is 0 Å². The molecule has 0 saturated heterocycles. The maximum Gasteiger partial charge on any atom is 0.509 e. The van der Waals surface area contributed by atoms with E-state index < -0.39 is 18.2 Å². The van der Waals surface area contributed by atoms with Crippen molar-refractivity contribution in [3.63, 3.8) is 0 Å². The fourth-order valence-corrected chi connectivity index (χ4v) is 2.41. The standard InChI is InChI=1S/C20H38O5/c1-4-6-8-9-10-11-12-13-14-15-17-23-19(21)18(3)25-20(22)24-16-7-5-2/h18H,4-17H2,1-3H3. The fourth-order valence-electron chi connectivity index (χ4n) is 2.41. The quantitative estimate of drug-likeness (QED) is 0.258. The Kier molecular flexibility index (Phi) is 16.7. The summed E-state index contributed by atoms with van der Waals surface area (Å²) < 4.78 is 14.8. The average molecular weight is 359 g/mol. The van der Waals surface area contributed by atoms with Crippen LogP contribution in [0.25, 0.3) is 0 Å². The lowest BCUT2D eigenvalue weighted by Gasteiger charge is -2.12. The fraction of sp³-hybridized carbons (Fsp3) is 0.900. The van der Waals surface area contributed by atoms with Gasteiger partial charge in [0.25, 0.3) is 0 Å². The van der Waals surface area contributed by atoms with Gasteiger partial charge in [0.2, 0.25) is 0 Å². The predicted octanol–water partition coefficient (Wildman–Crippen LogP) is 5.79. The van der Waals surface area contributed by atoms with E-state index in [4.69, 9.17) is 14.2 Å². The van der Waals surface area contributed by atoms with Crippen molar-refractivity contribution >= 4 is 12.1 Å². The molecule has 0 radical (unpaired) electrons. The number of carbonyl (C=O) groups excluding carboxylic acids is 2. The van der Waals surface area contributed by atoms with Gasteiger partial charge in [-0.15, -0.1) is 0 Å². The molecule has 148 valence electrons. The Bertz CT molecular complexity index is 330. The van der Waals surface area contributed by atoms with Gasteiger partial charge in [0.05, 0.1) is 13.2 Å². The van der Waals surface area contributed by atoms with Crippen molar-refractivity contribution in [2.75, 3.05) is 13.2 Å². The lowest BCUT2D eigenvalue weighted by atomic mass is 10.1. The van der Waals surface area contributed by atoms with Gasteiger partial charge in [-0.3, -0.25) is 0 Å². The monoisotopic (exact) mass is 358 g/mol. The van der Waals surface area contributed by atoms with Gasteiger partial charge in [-0.1, -0.05) is 78.1 Å². The Hall–Kier alpha value is -1.26. The summed E-state index contributed by atoms with van der Waals surface area (Å²) in [7, 11) is 0. The van der Waals surface area contributed by atoms with Crippen LogP contribution >= 0.6 is 0 Å². The van der Waals surface area contributed by atoms with Gasteiger partial charge < -0.3 is 14.2 Å². The SMILES string of the molecule is CCCCCCCCCCCCOC(=O)C(C)OC(=O)OCCCC. The molecule has 5 nitrogen and oxygen atoms in total. The third-order valence-corrected chi connectivity index (χ3v) is 4.06. The second-order valence-corrected chi connectivity index (χ2v) is 6.56. The first-order valence-electron chi connectivity index (χ1n) is 10.1. The van der Waals surface area contributed by atoms with E-state index in [1.165, 1.54) is 58.3 Å². The molecule has 0 aliphatic rings. The van der Waals surface area contributed by atoms with Crippen LogP contribution in [0.1, 0.15) is 97.8 Å². The molecule has 0 fully saturated rings. The Morgan fingerprint density at radius 3 is 1.72 bits per heavy atom. The van der Waals surface area contributed by atoms with Crippen LogP contribution in [0.3, 0.4) is 0 Å². The first kappa shape index (κ1) is 23.7. The minimum atomic E-state index is -0.919. The number of hydrogen-bond acceptors (Lipinski definition) is 5. The minimum Gasteiger partial charge on any atom is -0.463 e. The maximum absolute atomic E-state index is 11.7. The van der Waals surface area contributed by atoms with E-state index in [1.54, 1.807) is 0 Å². The van der Waals surface area contributed by atoms with Crippen molar-refractivity contribution in [1.82, 2.24) is 0 Å². The molecule has 5 heteroatoms. The zero-order valence-corrected chi connectivity index (χ0v) is 16.5. The lowest BCUT2D eigenvalue weighted by Crippen LogP contribution is -2.27. The predicted molar refractivity (Wildman–Crippen MR) is 99.6 cm³/mol. The first-order chi connectivity index (χ1) is 12.1. The van der Waals surface area contributed by atoms with E-state index in [1.807, 2.05) is 6.92 Å². The summed E-state index contributed by atoms with van der Waals surface area (Å²) in [4.78, 5) is 23.1. The first-order valence-corrected chi connectivity index (χ1v) is 10.1. The molecule has 0 spiro atoms. The zero-order valence-electron chi connectivity index (χ0n) is 16.5. The van der Waals surface area contributed by atoms with Crippen molar-refractivity contribution in [2.45, 2.75) is 104 Å². The minimum absolute atomic E-state index is 0.315. The van der Waals surface area contributed by atoms with Gasteiger partial charge >= 0.3 is 12.1 Å². The molecule has 0 bridgehead atoms. The molecule has 0 aliphatic heterocycles. The van der Waals surface area contributed by atoms with Gasteiger partial charge in [0.1, 0.15) is 0 Å². The maximum atomic E-state index is 11.7. The molecule has 0 aliphatic carbocycles. The summed E-state index contributed by atoms with van der Waals surface area (Å²) in [5, 5.41) is 0. The van der Waals surface area contributed by atoms with Crippen molar-refractivity contribution in [2.24, 2.45) is 0 Å². The van der Waals surface area contributed by atoms with Crippen LogP contribution in [-0.4, -0.2) is 31.4 Å². The van der Waals surface area contributed by atoms with Crippen molar-refractivity contribution < 1.29 is 23.8 Å². The Morgan fingerprint density at radius 2 is 1.16 bits per heavy atom. The third-order valence-electron chi connectivity index (χ3n) is 4.06. The zero-order chi connectivity index (χ0) is 18.8. The molecule has 0 aromatic heterocycles. The number of unbranched alkanes of at least 4 members (excludes halogenated alkanes) is 10. The molecule has 25 heavy (non-hydrogen) atoms. The van der Waals surface area contributed by atoms with Crippen LogP contribution in [0.15, 0.2) is 0 Å². The molecule has 1 atom stereocenters. The van der Waals surface area contributed by atoms with Crippen LogP contribution < -0.4 is 0 Å². The highest BCUT2D eigenvalue weighted by atomic mass is 16.7. The smallest absolute Gasteiger partial charge is 0.463 e. The molecule has 0 aromatic carbocycles. The normalized spacial score (nSPS) is 11.8. The van der Waals surface area contributed by atoms with Crippen LogP contribution in [0.2, 0.25) is 0 Å². The summed E-state index contributed by atoms with van der Waals surface area (Å²) >= 11 is 0. The van der Waals surface area contributed by atoms with E-state index >= 15 is 0 Å². The van der Waals surface area contributed by atoms with Gasteiger partial charge in [0, 0.05) is 0 Å². The van der Waals surface area contributed by atoms with E-state index in [0.717, 1.165) is 25.7 Å². The number of carbonyl (C=O) groups is 2. The Labute approximate surface area is 153 Å². The molecule has 0 heterocycles. The van der Waals surface area contributed by atoms with Crippen LogP contribution in [0.5, 0.6) is 0 Å². The van der Waals surface area contributed by atoms with Gasteiger partial charge in [0.15, 0.2) is 6.10 Å². The molecule has 0 aromatic rings. The topological polar surface area (TPSA) is 61.8 Å². The van der Waals surface area contributed by atoms with E-state index in [-0.39, 0.29) is 0 Å². The Morgan fingerprint density at radius 1 is 0.680 bits per heavy atom. The van der Waals surface area contributed by atoms with Crippen LogP contribution in [-0.2, 0) is 19.0 Å². The lowest BCUT2D eigenvalue weighted by molar-refractivity contribution is -0.154. The van der Waals surface area contributed by atoms with Crippen LogP contribution in [0.4, 0.5) is 4.79 Å². The van der Waals surface area contributed by atoms with E-state index in [9.17, 15) is 9.59 Å². The average Bonchev–Trinajstić information content (AvgIpc) is 2.59. The third kappa shape index (κ3) is 16.0. The number of esters is 1. The molecular formula is C20H38O5. The molecule has 0 rings (SSSR count). The van der Waals surface area contributed by atoms with Crippen molar-refractivity contribution in [1.29, 1.82) is 0 Å². The molecule has 0 saturated carbocycles. The summed E-state index contributed by atoms with van der Waals surface area (Å²) in [6.45, 7) is 6.44. The molecule has 1 unspecified atom stereocenters. The largest absolute Gasteiger partial charge is 0.509 e. The van der Waals surface area contributed by atoms with Crippen molar-refractivity contribution in [3.8, 4) is 0 Å².